The smallest absolute Gasteiger partial charge is 0.432 e. The average Bonchev–Trinajstić information content (AvgIpc) is 2.68. The maximum atomic E-state index is 12.4. The number of hydroxylamine groups is 2. The lowest BCUT2D eigenvalue weighted by molar-refractivity contribution is -0.0324. The van der Waals surface area contributed by atoms with Gasteiger partial charge in [0.25, 0.3) is 0 Å². The topological polar surface area (TPSA) is 83.9 Å². The summed E-state index contributed by atoms with van der Waals surface area (Å²) in [5, 5.41) is 9.87. The minimum absolute atomic E-state index is 0.0114. The zero-order chi connectivity index (χ0) is 22.2. The molecule has 0 saturated heterocycles. The fourth-order valence-electron chi connectivity index (χ4n) is 3.27. The zero-order valence-electron chi connectivity index (χ0n) is 17.9. The number of nitrogens with zero attached hydrogens (tertiary/aromatic N) is 1. The molecule has 0 fully saturated rings. The van der Waals surface area contributed by atoms with Crippen LogP contribution in [0.1, 0.15) is 50.7 Å². The lowest BCUT2D eigenvalue weighted by Crippen LogP contribution is -2.33. The van der Waals surface area contributed by atoms with Gasteiger partial charge in [0.05, 0.1) is 11.4 Å². The van der Waals surface area contributed by atoms with Gasteiger partial charge in [0.15, 0.2) is 0 Å². The largest absolute Gasteiger partial charge is 0.463 e. The van der Waals surface area contributed by atoms with E-state index < -0.39 is 16.2 Å². The fraction of sp³-hybridized carbons (Fsp3) is 0.435. The van der Waals surface area contributed by atoms with Crippen molar-refractivity contribution >= 4 is 16.2 Å². The van der Waals surface area contributed by atoms with Crippen LogP contribution in [0, 0.1) is 12.3 Å². The Morgan fingerprint density at radius 2 is 1.60 bits per heavy atom. The molecule has 0 radical (unpaired) electrons. The number of hydrogen-bond donors (Lipinski definition) is 1. The first kappa shape index (κ1) is 23.9. The molecule has 0 bridgehead atoms. The first-order valence-corrected chi connectivity index (χ1v) is 11.6. The van der Waals surface area contributed by atoms with E-state index >= 15 is 0 Å². The van der Waals surface area contributed by atoms with Gasteiger partial charge >= 0.3 is 16.2 Å². The van der Waals surface area contributed by atoms with Crippen molar-refractivity contribution in [2.75, 3.05) is 6.54 Å². The first-order valence-electron chi connectivity index (χ1n) is 10.1. The lowest BCUT2D eigenvalue weighted by atomic mass is 9.82. The van der Waals surface area contributed by atoms with Crippen molar-refractivity contribution in [2.45, 2.75) is 57.8 Å². The van der Waals surface area contributed by atoms with Gasteiger partial charge in [-0.05, 0) is 62.1 Å². The van der Waals surface area contributed by atoms with Crippen LogP contribution in [0.25, 0.3) is 0 Å². The van der Waals surface area contributed by atoms with Crippen molar-refractivity contribution in [3.05, 3.63) is 65.7 Å². The molecule has 30 heavy (non-hydrogen) atoms. The third kappa shape index (κ3) is 7.80. The number of aryl methyl sites for hydroxylation is 2. The molecule has 2 aromatic rings. The highest BCUT2D eigenvalue weighted by Gasteiger charge is 2.25. The molecule has 0 atom stereocenters. The molecule has 7 heteroatoms. The molecule has 0 aliphatic heterocycles. The molecular formula is C23H31NO5S. The Bertz CT molecular complexity index is 908. The van der Waals surface area contributed by atoms with E-state index in [2.05, 4.69) is 26.0 Å². The van der Waals surface area contributed by atoms with Gasteiger partial charge < -0.3 is 5.11 Å². The van der Waals surface area contributed by atoms with Crippen molar-refractivity contribution in [2.24, 2.45) is 5.41 Å². The van der Waals surface area contributed by atoms with Gasteiger partial charge in [-0.1, -0.05) is 61.9 Å². The molecule has 0 aliphatic rings. The van der Waals surface area contributed by atoms with Crippen molar-refractivity contribution in [3.8, 4) is 0 Å². The van der Waals surface area contributed by atoms with Crippen LogP contribution in [0.5, 0.6) is 0 Å². The van der Waals surface area contributed by atoms with E-state index in [1.165, 1.54) is 17.7 Å². The Kier molecular flexibility index (Phi) is 8.43. The van der Waals surface area contributed by atoms with E-state index in [9.17, 15) is 18.3 Å². The quantitative estimate of drug-likeness (QED) is 0.478. The summed E-state index contributed by atoms with van der Waals surface area (Å²) >= 11 is 0. The molecule has 0 spiro atoms. The molecule has 2 rings (SSSR count). The molecule has 2 aromatic carbocycles. The number of benzene rings is 2. The molecule has 0 aromatic heterocycles. The molecule has 0 saturated carbocycles. The van der Waals surface area contributed by atoms with Crippen LogP contribution in [-0.4, -0.2) is 31.2 Å². The molecule has 1 N–H and O–H groups in total. The van der Waals surface area contributed by atoms with E-state index in [0.717, 1.165) is 31.2 Å². The fourth-order valence-corrected chi connectivity index (χ4v) is 4.20. The van der Waals surface area contributed by atoms with Gasteiger partial charge in [0.2, 0.25) is 0 Å². The van der Waals surface area contributed by atoms with Crippen LogP contribution in [0.4, 0.5) is 4.79 Å². The standard InChI is InChI=1S/C23H31NO5S/c1-19-12-14-21(15-13-19)30(27,28)29-24(22(25)26)18-8-17-23(2,3)16-7-11-20-9-5-4-6-10-20/h4-6,9-10,12-15H,7-8,11,16-18H2,1-3H3,(H,25,26). The number of hydrogen-bond acceptors (Lipinski definition) is 4. The summed E-state index contributed by atoms with van der Waals surface area (Å²) in [6.45, 7) is 6.12. The van der Waals surface area contributed by atoms with Crippen LogP contribution in [0.15, 0.2) is 59.5 Å². The SMILES string of the molecule is Cc1ccc(S(=O)(=O)ON(CCCC(C)(C)CCCc2ccccc2)C(=O)O)cc1. The predicted molar refractivity (Wildman–Crippen MR) is 117 cm³/mol. The van der Waals surface area contributed by atoms with Gasteiger partial charge in [0.1, 0.15) is 0 Å². The first-order chi connectivity index (χ1) is 14.1. The van der Waals surface area contributed by atoms with Crippen molar-refractivity contribution in [1.82, 2.24) is 5.06 Å². The van der Waals surface area contributed by atoms with E-state index in [-0.39, 0.29) is 16.9 Å². The van der Waals surface area contributed by atoms with E-state index in [1.807, 2.05) is 25.1 Å². The highest BCUT2D eigenvalue weighted by Crippen LogP contribution is 2.29. The summed E-state index contributed by atoms with van der Waals surface area (Å²) in [6.07, 6.45) is 2.89. The van der Waals surface area contributed by atoms with Crippen LogP contribution in [0.3, 0.4) is 0 Å². The van der Waals surface area contributed by atoms with Crippen molar-refractivity contribution in [1.29, 1.82) is 0 Å². The van der Waals surface area contributed by atoms with Crippen LogP contribution in [-0.2, 0) is 20.8 Å². The van der Waals surface area contributed by atoms with Gasteiger partial charge in [-0.25, -0.2) is 4.79 Å². The van der Waals surface area contributed by atoms with E-state index in [0.29, 0.717) is 11.5 Å². The van der Waals surface area contributed by atoms with Gasteiger partial charge in [-0.3, -0.25) is 0 Å². The Balaban J connectivity index is 1.84. The molecule has 0 unspecified atom stereocenters. The Morgan fingerprint density at radius 3 is 2.20 bits per heavy atom. The predicted octanol–water partition coefficient (Wildman–Crippen LogP) is 5.42. The molecule has 1 amide bonds. The summed E-state index contributed by atoms with van der Waals surface area (Å²) in [6, 6.07) is 16.4. The molecular weight excluding hydrogens is 402 g/mol. The number of amides is 1. The summed E-state index contributed by atoms with van der Waals surface area (Å²) in [7, 11) is -4.19. The molecule has 6 nitrogen and oxygen atoms in total. The van der Waals surface area contributed by atoms with Crippen LogP contribution >= 0.6 is 0 Å². The van der Waals surface area contributed by atoms with Gasteiger partial charge in [-0.15, -0.1) is 4.28 Å². The second-order valence-corrected chi connectivity index (χ2v) is 9.86. The van der Waals surface area contributed by atoms with E-state index in [1.54, 1.807) is 12.1 Å². The maximum absolute atomic E-state index is 12.4. The Hall–Kier alpha value is -2.38. The van der Waals surface area contributed by atoms with Crippen LogP contribution < -0.4 is 0 Å². The minimum atomic E-state index is -4.19. The maximum Gasteiger partial charge on any atom is 0.432 e. The highest BCUT2D eigenvalue weighted by atomic mass is 32.2. The second kappa shape index (κ2) is 10.6. The average molecular weight is 434 g/mol. The normalized spacial score (nSPS) is 12.0. The minimum Gasteiger partial charge on any atom is -0.463 e. The monoisotopic (exact) mass is 433 g/mol. The number of rotatable bonds is 11. The van der Waals surface area contributed by atoms with Crippen molar-refractivity contribution in [3.63, 3.8) is 0 Å². The van der Waals surface area contributed by atoms with E-state index in [4.69, 9.17) is 4.28 Å². The molecule has 0 aliphatic carbocycles. The summed E-state index contributed by atoms with van der Waals surface area (Å²) in [5.41, 5.74) is 2.23. The second-order valence-electron chi connectivity index (χ2n) is 8.33. The van der Waals surface area contributed by atoms with Crippen molar-refractivity contribution < 1.29 is 22.6 Å². The Labute approximate surface area is 179 Å². The lowest BCUT2D eigenvalue weighted by Gasteiger charge is -2.26. The summed E-state index contributed by atoms with van der Waals surface area (Å²) in [5.74, 6) is 0. The van der Waals surface area contributed by atoms with Gasteiger partial charge in [0, 0.05) is 0 Å². The zero-order valence-corrected chi connectivity index (χ0v) is 18.7. The molecule has 0 heterocycles. The van der Waals surface area contributed by atoms with Gasteiger partial charge in [-0.2, -0.15) is 13.5 Å². The summed E-state index contributed by atoms with van der Waals surface area (Å²) in [4.78, 5) is 11.4. The number of carbonyl (C=O) groups is 1. The number of carboxylic acid groups (broad SMARTS) is 1. The van der Waals surface area contributed by atoms with Crippen LogP contribution in [0.2, 0.25) is 0 Å². The Morgan fingerprint density at radius 1 is 1.00 bits per heavy atom. The molecule has 164 valence electrons. The third-order valence-corrected chi connectivity index (χ3v) is 6.31. The third-order valence-electron chi connectivity index (χ3n) is 5.09. The highest BCUT2D eigenvalue weighted by molar-refractivity contribution is 7.86. The summed E-state index contributed by atoms with van der Waals surface area (Å²) < 4.78 is 29.6.